The van der Waals surface area contributed by atoms with Gasteiger partial charge in [-0.2, -0.15) is 0 Å². The molecule has 26 heavy (non-hydrogen) atoms. The van der Waals surface area contributed by atoms with Crippen LogP contribution in [0.5, 0.6) is 5.88 Å². The first-order valence-corrected chi connectivity index (χ1v) is 8.59. The van der Waals surface area contributed by atoms with Crippen molar-refractivity contribution < 1.29 is 9.53 Å². The average molecular weight is 348 g/mol. The standard InChI is InChI=1S/C20H20N4O2/c21-19-18-20(23-22-19)26-11-10-24(18)16-8-6-15(7-9-16)13-17(25)12-14-4-2-1-3-5-14/h1-9H,10-13H2,(H3,21,22,23). The summed E-state index contributed by atoms with van der Waals surface area (Å²) in [4.78, 5) is 14.4. The van der Waals surface area contributed by atoms with Gasteiger partial charge in [-0.25, -0.2) is 0 Å². The van der Waals surface area contributed by atoms with E-state index in [0.717, 1.165) is 22.5 Å². The van der Waals surface area contributed by atoms with Crippen molar-refractivity contribution in [3.63, 3.8) is 0 Å². The lowest BCUT2D eigenvalue weighted by atomic mass is 10.0. The summed E-state index contributed by atoms with van der Waals surface area (Å²) in [6.45, 7) is 1.25. The zero-order valence-corrected chi connectivity index (χ0v) is 14.3. The third-order valence-electron chi connectivity index (χ3n) is 4.45. The molecule has 6 heteroatoms. The molecule has 4 rings (SSSR count). The van der Waals surface area contributed by atoms with Crippen LogP contribution in [0.1, 0.15) is 11.1 Å². The Balaban J connectivity index is 1.46. The molecular formula is C20H20N4O2. The van der Waals surface area contributed by atoms with Gasteiger partial charge in [0.1, 0.15) is 23.9 Å². The van der Waals surface area contributed by atoms with Crippen molar-refractivity contribution in [3.8, 4) is 5.88 Å². The predicted octanol–water partition coefficient (Wildman–Crippen LogP) is 2.88. The van der Waals surface area contributed by atoms with Crippen molar-refractivity contribution in [1.29, 1.82) is 0 Å². The number of Topliss-reactive ketones (excluding diaryl/α,β-unsaturated/α-hetero) is 1. The van der Waals surface area contributed by atoms with E-state index in [-0.39, 0.29) is 5.78 Å². The monoisotopic (exact) mass is 348 g/mol. The van der Waals surface area contributed by atoms with Crippen LogP contribution in [0, 0.1) is 0 Å². The molecule has 0 unspecified atom stereocenters. The van der Waals surface area contributed by atoms with E-state index < -0.39 is 0 Å². The van der Waals surface area contributed by atoms with Crippen LogP contribution in [0.3, 0.4) is 0 Å². The number of H-pyrrole nitrogens is 1. The highest BCUT2D eigenvalue weighted by atomic mass is 16.5. The number of benzene rings is 2. The van der Waals surface area contributed by atoms with E-state index in [2.05, 4.69) is 15.1 Å². The summed E-state index contributed by atoms with van der Waals surface area (Å²) in [5.41, 5.74) is 9.79. The first-order valence-electron chi connectivity index (χ1n) is 8.59. The second-order valence-corrected chi connectivity index (χ2v) is 6.34. The number of hydrogen-bond acceptors (Lipinski definition) is 5. The topological polar surface area (TPSA) is 84.2 Å². The van der Waals surface area contributed by atoms with Crippen molar-refractivity contribution in [1.82, 2.24) is 10.2 Å². The van der Waals surface area contributed by atoms with Gasteiger partial charge in [-0.1, -0.05) is 42.5 Å². The molecule has 0 radical (unpaired) electrons. The normalized spacial score (nSPS) is 13.2. The van der Waals surface area contributed by atoms with Crippen LogP contribution in [0.25, 0.3) is 0 Å². The van der Waals surface area contributed by atoms with E-state index in [1.807, 2.05) is 54.6 Å². The molecule has 2 aromatic carbocycles. The summed E-state index contributed by atoms with van der Waals surface area (Å²) < 4.78 is 5.52. The van der Waals surface area contributed by atoms with Crippen LogP contribution in [-0.2, 0) is 17.6 Å². The third-order valence-corrected chi connectivity index (χ3v) is 4.45. The molecule has 1 aliphatic rings. The highest BCUT2D eigenvalue weighted by Gasteiger charge is 2.25. The van der Waals surface area contributed by atoms with Gasteiger partial charge in [0.2, 0.25) is 0 Å². The summed E-state index contributed by atoms with van der Waals surface area (Å²) in [5.74, 6) is 1.22. The molecule has 3 aromatic rings. The number of nitrogens with zero attached hydrogens (tertiary/aromatic N) is 2. The molecule has 2 heterocycles. The van der Waals surface area contributed by atoms with Crippen molar-refractivity contribution in [2.45, 2.75) is 12.8 Å². The molecule has 6 nitrogen and oxygen atoms in total. The van der Waals surface area contributed by atoms with Crippen LogP contribution in [0.15, 0.2) is 54.6 Å². The Hall–Kier alpha value is -3.28. The Morgan fingerprint density at radius 2 is 1.77 bits per heavy atom. The maximum Gasteiger partial charge on any atom is 0.259 e. The lowest BCUT2D eigenvalue weighted by molar-refractivity contribution is -0.117. The van der Waals surface area contributed by atoms with E-state index in [9.17, 15) is 4.79 Å². The number of anilines is 3. The van der Waals surface area contributed by atoms with Gasteiger partial charge < -0.3 is 15.4 Å². The van der Waals surface area contributed by atoms with Gasteiger partial charge in [0.25, 0.3) is 5.88 Å². The molecule has 0 fully saturated rings. The Labute approximate surface area is 151 Å². The number of carbonyl (C=O) groups is 1. The minimum Gasteiger partial charge on any atom is -0.473 e. The quantitative estimate of drug-likeness (QED) is 0.741. The van der Waals surface area contributed by atoms with Gasteiger partial charge >= 0.3 is 0 Å². The van der Waals surface area contributed by atoms with Gasteiger partial charge in [0.15, 0.2) is 0 Å². The van der Waals surface area contributed by atoms with Gasteiger partial charge in [-0.05, 0) is 23.3 Å². The molecule has 0 saturated heterocycles. The highest BCUT2D eigenvalue weighted by molar-refractivity contribution is 5.83. The molecule has 0 spiro atoms. The summed E-state index contributed by atoms with van der Waals surface area (Å²) >= 11 is 0. The lowest BCUT2D eigenvalue weighted by Gasteiger charge is -2.28. The lowest BCUT2D eigenvalue weighted by Crippen LogP contribution is -2.28. The van der Waals surface area contributed by atoms with E-state index in [4.69, 9.17) is 10.5 Å². The molecule has 0 amide bonds. The molecule has 132 valence electrons. The Morgan fingerprint density at radius 1 is 1.08 bits per heavy atom. The van der Waals surface area contributed by atoms with Crippen LogP contribution in [0.4, 0.5) is 17.2 Å². The Morgan fingerprint density at radius 3 is 2.50 bits per heavy atom. The van der Waals surface area contributed by atoms with Crippen LogP contribution >= 0.6 is 0 Å². The number of hydrogen-bond donors (Lipinski definition) is 2. The number of nitrogen functional groups attached to an aromatic ring is 1. The molecule has 1 aromatic heterocycles. The number of aromatic nitrogens is 2. The number of aromatic amines is 1. The van der Waals surface area contributed by atoms with Gasteiger partial charge in [-0.15, -0.1) is 5.10 Å². The first kappa shape index (κ1) is 16.2. The number of ketones is 1. The second-order valence-electron chi connectivity index (χ2n) is 6.34. The van der Waals surface area contributed by atoms with E-state index in [0.29, 0.717) is 37.7 Å². The Bertz CT molecular complexity index is 903. The van der Waals surface area contributed by atoms with Crippen molar-refractivity contribution >= 4 is 23.0 Å². The minimum atomic E-state index is 0.205. The summed E-state index contributed by atoms with van der Waals surface area (Å²) in [6.07, 6.45) is 0.887. The van der Waals surface area contributed by atoms with E-state index in [1.165, 1.54) is 0 Å². The number of nitrogens with one attached hydrogen (secondary N) is 1. The fourth-order valence-electron chi connectivity index (χ4n) is 3.20. The number of rotatable bonds is 5. The number of nitrogens with two attached hydrogens (primary N) is 1. The highest BCUT2D eigenvalue weighted by Crippen LogP contribution is 2.39. The van der Waals surface area contributed by atoms with Crippen LogP contribution in [0.2, 0.25) is 0 Å². The minimum absolute atomic E-state index is 0.205. The van der Waals surface area contributed by atoms with Crippen molar-refractivity contribution in [2.75, 3.05) is 23.8 Å². The van der Waals surface area contributed by atoms with Crippen LogP contribution in [-0.4, -0.2) is 29.1 Å². The first-order chi connectivity index (χ1) is 12.7. The third kappa shape index (κ3) is 3.26. The zero-order chi connectivity index (χ0) is 17.9. The maximum atomic E-state index is 12.3. The predicted molar refractivity (Wildman–Crippen MR) is 101 cm³/mol. The zero-order valence-electron chi connectivity index (χ0n) is 14.3. The number of ether oxygens (including phenoxy) is 1. The maximum absolute atomic E-state index is 12.3. The molecular weight excluding hydrogens is 328 g/mol. The average Bonchev–Trinajstić information content (AvgIpc) is 3.04. The number of carbonyl (C=O) groups excluding carboxylic acids is 1. The van der Waals surface area contributed by atoms with Crippen molar-refractivity contribution in [3.05, 3.63) is 65.7 Å². The van der Waals surface area contributed by atoms with Gasteiger partial charge in [0.05, 0.1) is 6.54 Å². The van der Waals surface area contributed by atoms with Crippen molar-refractivity contribution in [2.24, 2.45) is 0 Å². The summed E-state index contributed by atoms with van der Waals surface area (Å²) in [5, 5.41) is 6.83. The largest absolute Gasteiger partial charge is 0.473 e. The SMILES string of the molecule is Nc1[nH]nc2c1N(c1ccc(CC(=O)Cc3ccccc3)cc1)CCO2. The molecule has 0 bridgehead atoms. The van der Waals surface area contributed by atoms with Gasteiger partial charge in [-0.3, -0.25) is 9.89 Å². The fraction of sp³-hybridized carbons (Fsp3) is 0.200. The smallest absolute Gasteiger partial charge is 0.259 e. The van der Waals surface area contributed by atoms with Crippen LogP contribution < -0.4 is 15.4 Å². The number of fused-ring (bicyclic) bond motifs is 1. The van der Waals surface area contributed by atoms with E-state index in [1.54, 1.807) is 0 Å². The fourth-order valence-corrected chi connectivity index (χ4v) is 3.20. The molecule has 0 atom stereocenters. The summed E-state index contributed by atoms with van der Waals surface area (Å²) in [7, 11) is 0. The second kappa shape index (κ2) is 6.92. The summed E-state index contributed by atoms with van der Waals surface area (Å²) in [6, 6.07) is 17.8. The molecule has 1 aliphatic heterocycles. The molecule has 0 saturated carbocycles. The molecule has 3 N–H and O–H groups in total. The molecule has 0 aliphatic carbocycles. The van der Waals surface area contributed by atoms with E-state index >= 15 is 0 Å². The Kier molecular flexibility index (Phi) is 4.31. The van der Waals surface area contributed by atoms with Gasteiger partial charge in [0, 0.05) is 18.5 Å².